The van der Waals surface area contributed by atoms with Crippen molar-refractivity contribution in [1.29, 1.82) is 0 Å². The van der Waals surface area contributed by atoms with E-state index in [-0.39, 0.29) is 29.7 Å². The summed E-state index contributed by atoms with van der Waals surface area (Å²) >= 11 is 0. The zero-order valence-electron chi connectivity index (χ0n) is 21.1. The van der Waals surface area contributed by atoms with E-state index in [0.29, 0.717) is 22.5 Å². The number of phenols is 1. The Labute approximate surface area is 222 Å². The van der Waals surface area contributed by atoms with E-state index in [4.69, 9.17) is 10.2 Å². The van der Waals surface area contributed by atoms with E-state index in [1.54, 1.807) is 20.2 Å². The van der Waals surface area contributed by atoms with Gasteiger partial charge in [-0.25, -0.2) is 0 Å². The Morgan fingerprint density at radius 2 is 1.82 bits per heavy atom. The number of nitrogens with zero attached hydrogens (tertiary/aromatic N) is 1. The molecular weight excluding hydrogens is 504 g/mol. The summed E-state index contributed by atoms with van der Waals surface area (Å²) < 4.78 is 6.04. The van der Waals surface area contributed by atoms with Gasteiger partial charge in [-0.05, 0) is 62.7 Å². The van der Waals surface area contributed by atoms with Gasteiger partial charge >= 0.3 is 0 Å². The number of aliphatic hydroxyl groups excluding tert-OH is 2. The zero-order chi connectivity index (χ0) is 28.0. The number of phenolic OH excluding ortho intramolecular Hbond substituents is 1. The predicted molar refractivity (Wildman–Crippen MR) is 139 cm³/mol. The molecule has 0 unspecified atom stereocenters. The van der Waals surface area contributed by atoms with Gasteiger partial charge in [0.05, 0.1) is 11.6 Å². The summed E-state index contributed by atoms with van der Waals surface area (Å²) in [5.41, 5.74) is 3.48. The molecule has 6 N–H and O–H groups in total. The number of ketones is 2. The molecule has 4 atom stereocenters. The maximum Gasteiger partial charge on any atom is 0.255 e. The van der Waals surface area contributed by atoms with Crippen LogP contribution >= 0.6 is 0 Å². The highest BCUT2D eigenvalue weighted by atomic mass is 16.4. The van der Waals surface area contributed by atoms with E-state index < -0.39 is 58.0 Å². The third-order valence-corrected chi connectivity index (χ3v) is 8.30. The highest BCUT2D eigenvalue weighted by Crippen LogP contribution is 2.53. The standard InChI is InChI=1S/C29H26N2O8/c1-31(2)23-16-10-13-9-15-14(19-11-12-5-3-4-6-18(12)39-19)7-8-17(32)21(15)24(33)20(13)26(35)29(16,38)27(36)22(25(23)34)28(30)37/h3-8,11,13,16,23,32-33,36,38H,9-10H2,1-2H3,(H2,30,37)/t13-,16-,23-,29+/m1/s1. The number of likely N-dealkylation sites (N-methyl/N-ethyl adjacent to an activating group) is 1. The molecule has 0 spiro atoms. The van der Waals surface area contributed by atoms with Gasteiger partial charge in [0.15, 0.2) is 11.4 Å². The number of rotatable bonds is 3. The molecule has 0 radical (unpaired) electrons. The lowest BCUT2D eigenvalue weighted by atomic mass is 9.57. The van der Waals surface area contributed by atoms with E-state index in [0.717, 1.165) is 5.39 Å². The van der Waals surface area contributed by atoms with Crippen LogP contribution in [0.4, 0.5) is 0 Å². The fraction of sp³-hybridized carbons (Fsp3) is 0.276. The van der Waals surface area contributed by atoms with Gasteiger partial charge < -0.3 is 30.6 Å². The summed E-state index contributed by atoms with van der Waals surface area (Å²) in [6.45, 7) is 0. The number of aliphatic hydroxyl groups is 3. The lowest BCUT2D eigenvalue weighted by molar-refractivity contribution is -0.153. The quantitative estimate of drug-likeness (QED) is 0.318. The summed E-state index contributed by atoms with van der Waals surface area (Å²) in [7, 11) is 3.12. The molecule has 1 amide bonds. The first-order valence-electron chi connectivity index (χ1n) is 12.4. The third kappa shape index (κ3) is 3.25. The molecule has 1 saturated carbocycles. The van der Waals surface area contributed by atoms with Gasteiger partial charge in [-0.15, -0.1) is 0 Å². The molecule has 0 bridgehead atoms. The van der Waals surface area contributed by atoms with Crippen LogP contribution in [0.5, 0.6) is 5.75 Å². The van der Waals surface area contributed by atoms with Crippen LogP contribution in [-0.2, 0) is 20.8 Å². The molecule has 1 fully saturated rings. The first-order valence-corrected chi connectivity index (χ1v) is 12.4. The topological polar surface area (TPSA) is 175 Å². The number of primary amides is 1. The molecule has 2 aromatic carbocycles. The maximum absolute atomic E-state index is 13.9. The average Bonchev–Trinajstić information content (AvgIpc) is 3.30. The molecule has 3 aliphatic carbocycles. The first kappa shape index (κ1) is 24.9. The second kappa shape index (κ2) is 8.29. The van der Waals surface area contributed by atoms with Crippen molar-refractivity contribution in [1.82, 2.24) is 4.90 Å². The molecule has 1 heterocycles. The molecule has 39 heavy (non-hydrogen) atoms. The van der Waals surface area contributed by atoms with Crippen LogP contribution < -0.4 is 5.73 Å². The van der Waals surface area contributed by atoms with Crippen LogP contribution in [0.15, 0.2) is 63.8 Å². The molecule has 0 aliphatic heterocycles. The Hall–Kier alpha value is -4.41. The number of furan rings is 1. The lowest BCUT2D eigenvalue weighted by Gasteiger charge is -2.50. The van der Waals surface area contributed by atoms with Crippen LogP contribution in [0.25, 0.3) is 28.1 Å². The van der Waals surface area contributed by atoms with Crippen LogP contribution in [0, 0.1) is 11.8 Å². The van der Waals surface area contributed by atoms with Crippen LogP contribution in [0.3, 0.4) is 0 Å². The van der Waals surface area contributed by atoms with Crippen molar-refractivity contribution in [3.8, 4) is 17.1 Å². The summed E-state index contributed by atoms with van der Waals surface area (Å²) in [6.07, 6.45) is 0.191. The van der Waals surface area contributed by atoms with E-state index >= 15 is 0 Å². The second-order valence-corrected chi connectivity index (χ2v) is 10.6. The van der Waals surface area contributed by atoms with E-state index in [1.807, 2.05) is 30.3 Å². The van der Waals surface area contributed by atoms with Crippen molar-refractivity contribution < 1.29 is 39.2 Å². The molecule has 10 nitrogen and oxygen atoms in total. The predicted octanol–water partition coefficient (Wildman–Crippen LogP) is 2.38. The highest BCUT2D eigenvalue weighted by molar-refractivity contribution is 6.24. The maximum atomic E-state index is 13.9. The molecule has 3 aliphatic rings. The van der Waals surface area contributed by atoms with Gasteiger partial charge in [0.25, 0.3) is 5.91 Å². The van der Waals surface area contributed by atoms with E-state index in [2.05, 4.69) is 0 Å². The Morgan fingerprint density at radius 3 is 2.49 bits per heavy atom. The second-order valence-electron chi connectivity index (χ2n) is 10.6. The molecule has 6 rings (SSSR count). The van der Waals surface area contributed by atoms with Crippen molar-refractivity contribution >= 4 is 34.2 Å². The molecule has 200 valence electrons. The monoisotopic (exact) mass is 530 g/mol. The Kier molecular flexibility index (Phi) is 5.29. The number of carbonyl (C=O) groups is 3. The normalized spacial score (nSPS) is 26.6. The van der Waals surface area contributed by atoms with Crippen LogP contribution in [-0.4, -0.2) is 68.5 Å². The average molecular weight is 531 g/mol. The minimum atomic E-state index is -2.67. The largest absolute Gasteiger partial charge is 0.508 e. The number of hydrogen-bond acceptors (Lipinski definition) is 9. The molecule has 1 aromatic heterocycles. The van der Waals surface area contributed by atoms with E-state index in [1.165, 1.54) is 11.0 Å². The fourth-order valence-electron chi connectivity index (χ4n) is 6.59. The number of amides is 1. The fourth-order valence-corrected chi connectivity index (χ4v) is 6.59. The number of fused-ring (bicyclic) bond motifs is 4. The third-order valence-electron chi connectivity index (χ3n) is 8.30. The van der Waals surface area contributed by atoms with Gasteiger partial charge in [-0.1, -0.05) is 18.2 Å². The minimum absolute atomic E-state index is 0.0149. The SMILES string of the molecule is CN(C)[C@H]1C(=O)C(C(N)=O)=C(O)[C@@]2(O)C(=O)C3=C(O)c4c(O)ccc(-c5cc6ccccc6o5)c4C[C@@H]3C[C@H]12. The van der Waals surface area contributed by atoms with E-state index in [9.17, 15) is 34.8 Å². The van der Waals surface area contributed by atoms with Gasteiger partial charge in [0, 0.05) is 22.4 Å². The molecular formula is C29H26N2O8. The summed E-state index contributed by atoms with van der Waals surface area (Å²) in [6, 6.07) is 11.2. The summed E-state index contributed by atoms with van der Waals surface area (Å²) in [4.78, 5) is 40.7. The molecule has 10 heteroatoms. The van der Waals surface area contributed by atoms with Crippen LogP contribution in [0.1, 0.15) is 17.5 Å². The van der Waals surface area contributed by atoms with Crippen molar-refractivity contribution in [2.75, 3.05) is 14.1 Å². The van der Waals surface area contributed by atoms with Crippen molar-refractivity contribution in [2.24, 2.45) is 17.6 Å². The number of Topliss-reactive ketones (excluding diaryl/α,β-unsaturated/α-hetero) is 2. The summed E-state index contributed by atoms with van der Waals surface area (Å²) in [5, 5.41) is 45.7. The number of aromatic hydroxyl groups is 1. The number of para-hydroxylation sites is 1. The highest BCUT2D eigenvalue weighted by Gasteiger charge is 2.64. The van der Waals surface area contributed by atoms with Crippen molar-refractivity contribution in [3.05, 3.63) is 70.5 Å². The Bertz CT molecular complexity index is 1650. The van der Waals surface area contributed by atoms with Crippen molar-refractivity contribution in [2.45, 2.75) is 24.5 Å². The molecule has 0 saturated heterocycles. The Morgan fingerprint density at radius 1 is 1.10 bits per heavy atom. The smallest absolute Gasteiger partial charge is 0.255 e. The minimum Gasteiger partial charge on any atom is -0.508 e. The summed E-state index contributed by atoms with van der Waals surface area (Å²) in [5.74, 6) is -6.34. The van der Waals surface area contributed by atoms with Gasteiger partial charge in [0.1, 0.15) is 34.2 Å². The Balaban J connectivity index is 1.56. The number of nitrogens with two attached hydrogens (primary N) is 1. The van der Waals surface area contributed by atoms with Gasteiger partial charge in [0.2, 0.25) is 5.78 Å². The van der Waals surface area contributed by atoms with Gasteiger partial charge in [-0.3, -0.25) is 19.3 Å². The zero-order valence-corrected chi connectivity index (χ0v) is 21.1. The first-order chi connectivity index (χ1) is 18.5. The number of hydrogen-bond donors (Lipinski definition) is 5. The van der Waals surface area contributed by atoms with Crippen molar-refractivity contribution in [3.63, 3.8) is 0 Å². The lowest BCUT2D eigenvalue weighted by Crippen LogP contribution is -2.65. The number of benzene rings is 2. The number of carbonyl (C=O) groups excluding carboxylic acids is 3. The molecule has 3 aromatic rings. The van der Waals surface area contributed by atoms with Gasteiger partial charge in [-0.2, -0.15) is 0 Å². The van der Waals surface area contributed by atoms with Crippen LogP contribution in [0.2, 0.25) is 0 Å².